The van der Waals surface area contributed by atoms with Gasteiger partial charge in [-0.2, -0.15) is 5.01 Å². The number of benzene rings is 2. The molecule has 1 heterocycles. The summed E-state index contributed by atoms with van der Waals surface area (Å²) >= 11 is 12.2. The molecular formula is C27H22Cl2N2O4. The van der Waals surface area contributed by atoms with Gasteiger partial charge in [0.2, 0.25) is 0 Å². The first-order valence-corrected chi connectivity index (χ1v) is 12.4. The summed E-state index contributed by atoms with van der Waals surface area (Å²) in [6, 6.07) is 11.3. The van der Waals surface area contributed by atoms with E-state index in [9.17, 15) is 19.2 Å². The topological polar surface area (TPSA) is 74.8 Å². The Morgan fingerprint density at radius 1 is 0.886 bits per heavy atom. The van der Waals surface area contributed by atoms with E-state index in [0.29, 0.717) is 17.4 Å². The van der Waals surface area contributed by atoms with Gasteiger partial charge in [0.25, 0.3) is 17.7 Å². The summed E-state index contributed by atoms with van der Waals surface area (Å²) < 4.78 is 0. The number of aryl methyl sites for hydroxylation is 1. The number of carbonyl (C=O) groups is 4. The second kappa shape index (κ2) is 8.04. The summed E-state index contributed by atoms with van der Waals surface area (Å²) in [5.41, 5.74) is 1.51. The summed E-state index contributed by atoms with van der Waals surface area (Å²) in [5.74, 6) is -1.96. The number of ketones is 1. The van der Waals surface area contributed by atoms with Gasteiger partial charge >= 0.3 is 0 Å². The molecule has 1 aliphatic heterocycles. The van der Waals surface area contributed by atoms with Gasteiger partial charge in [-0.05, 0) is 55.2 Å². The van der Waals surface area contributed by atoms with E-state index in [2.05, 4.69) is 12.2 Å². The molecule has 2 saturated carbocycles. The SMILES string of the molecule is Cc1ccc(C(=O)CN(C(=O)c2ccc(Cl)c(Cl)c2)N2C(=O)[C@@H]3[C@H]4C=C[C@@H]([C@@H]5C[C@@H]45)[C@H]3C2=O)cc1. The maximum Gasteiger partial charge on any atom is 0.273 e. The maximum atomic E-state index is 13.7. The number of Topliss-reactive ketones (excluding diaryl/α,β-unsaturated/α-hetero) is 1. The van der Waals surface area contributed by atoms with Crippen molar-refractivity contribution in [2.45, 2.75) is 13.3 Å². The standard InChI is InChI=1S/C27H22Cl2N2O4/c1-13-2-4-14(5-3-13)22(32)12-30(25(33)15-6-9-20(28)21(29)10-15)31-26(34)23-16-7-8-17(19-11-18(16)19)24(23)27(31)35/h2-10,16-19,23-24H,11-12H2,1H3/t16-,17-,18-,19-,23+,24+/m0/s1. The highest BCUT2D eigenvalue weighted by molar-refractivity contribution is 6.42. The molecule has 4 aliphatic carbocycles. The Kier molecular flexibility index (Phi) is 5.17. The Labute approximate surface area is 212 Å². The summed E-state index contributed by atoms with van der Waals surface area (Å²) in [7, 11) is 0. The van der Waals surface area contributed by atoms with Crippen LogP contribution in [0.4, 0.5) is 0 Å². The van der Waals surface area contributed by atoms with Crippen molar-refractivity contribution in [2.75, 3.05) is 6.54 Å². The summed E-state index contributed by atoms with van der Waals surface area (Å²) in [6.45, 7) is 1.46. The van der Waals surface area contributed by atoms with E-state index < -0.39 is 36.1 Å². The lowest BCUT2D eigenvalue weighted by Gasteiger charge is -2.37. The Bertz CT molecular complexity index is 1280. The Morgan fingerprint density at radius 3 is 2.03 bits per heavy atom. The third-order valence-electron chi connectivity index (χ3n) is 7.95. The van der Waals surface area contributed by atoms with Crippen LogP contribution in [-0.2, 0) is 9.59 Å². The van der Waals surface area contributed by atoms with Crippen molar-refractivity contribution >= 4 is 46.7 Å². The molecule has 1 saturated heterocycles. The monoisotopic (exact) mass is 508 g/mol. The summed E-state index contributed by atoms with van der Waals surface area (Å²) in [6.07, 6.45) is 5.17. The highest BCUT2D eigenvalue weighted by Gasteiger charge is 2.68. The highest BCUT2D eigenvalue weighted by atomic mass is 35.5. The molecule has 5 aliphatic rings. The molecule has 0 aromatic heterocycles. The van der Waals surface area contributed by atoms with Gasteiger partial charge in [0, 0.05) is 11.1 Å². The first kappa shape index (κ1) is 22.5. The molecule has 2 aromatic rings. The maximum absolute atomic E-state index is 13.7. The minimum absolute atomic E-state index is 0.00572. The van der Waals surface area contributed by atoms with E-state index in [-0.39, 0.29) is 33.2 Å². The predicted molar refractivity (Wildman–Crippen MR) is 130 cm³/mol. The van der Waals surface area contributed by atoms with E-state index in [0.717, 1.165) is 22.0 Å². The number of rotatable bonds is 5. The predicted octanol–water partition coefficient (Wildman–Crippen LogP) is 4.60. The first-order chi connectivity index (χ1) is 16.8. The molecule has 2 aromatic carbocycles. The van der Waals surface area contributed by atoms with Gasteiger partial charge in [0.15, 0.2) is 5.78 Å². The van der Waals surface area contributed by atoms with Crippen molar-refractivity contribution in [1.82, 2.24) is 10.0 Å². The third-order valence-corrected chi connectivity index (χ3v) is 8.69. The molecule has 6 atom stereocenters. The number of nitrogens with zero attached hydrogens (tertiary/aromatic N) is 2. The molecule has 3 fully saturated rings. The Hall–Kier alpha value is -2.96. The largest absolute Gasteiger partial charge is 0.292 e. The van der Waals surface area contributed by atoms with Crippen molar-refractivity contribution in [3.63, 3.8) is 0 Å². The van der Waals surface area contributed by atoms with E-state index >= 15 is 0 Å². The fourth-order valence-corrected chi connectivity index (χ4v) is 6.46. The normalized spacial score (nSPS) is 29.7. The number of hydrogen-bond acceptors (Lipinski definition) is 4. The zero-order valence-corrected chi connectivity index (χ0v) is 20.4. The van der Waals surface area contributed by atoms with Crippen LogP contribution in [0.2, 0.25) is 10.0 Å². The molecule has 6 nitrogen and oxygen atoms in total. The molecule has 0 N–H and O–H groups in total. The van der Waals surface area contributed by atoms with Crippen LogP contribution < -0.4 is 0 Å². The number of allylic oxidation sites excluding steroid dienone is 2. The van der Waals surface area contributed by atoms with E-state index in [1.165, 1.54) is 18.2 Å². The quantitative estimate of drug-likeness (QED) is 0.336. The van der Waals surface area contributed by atoms with Gasteiger partial charge in [-0.3, -0.25) is 19.2 Å². The van der Waals surface area contributed by atoms with Gasteiger partial charge in [0.05, 0.1) is 21.9 Å². The second-order valence-corrected chi connectivity index (χ2v) is 10.7. The molecule has 8 heteroatoms. The highest BCUT2D eigenvalue weighted by Crippen LogP contribution is 2.65. The van der Waals surface area contributed by atoms with Gasteiger partial charge in [-0.15, -0.1) is 0 Å². The molecule has 7 rings (SSSR count). The van der Waals surface area contributed by atoms with Crippen LogP contribution in [0.25, 0.3) is 0 Å². The van der Waals surface area contributed by atoms with Gasteiger partial charge in [-0.1, -0.05) is 65.2 Å². The number of hydrogen-bond donors (Lipinski definition) is 0. The van der Waals surface area contributed by atoms with Crippen molar-refractivity contribution in [3.05, 3.63) is 81.4 Å². The zero-order valence-electron chi connectivity index (χ0n) is 18.9. The molecule has 35 heavy (non-hydrogen) atoms. The summed E-state index contributed by atoms with van der Waals surface area (Å²) in [5, 5.41) is 2.36. The molecule has 2 bridgehead atoms. The molecular weight excluding hydrogens is 487 g/mol. The molecule has 0 unspecified atom stereocenters. The van der Waals surface area contributed by atoms with Gasteiger partial charge in [-0.25, -0.2) is 5.01 Å². The van der Waals surface area contributed by atoms with Crippen LogP contribution in [0.15, 0.2) is 54.6 Å². The van der Waals surface area contributed by atoms with E-state index in [1.807, 2.05) is 6.92 Å². The lowest BCUT2D eigenvalue weighted by Crippen LogP contribution is -2.52. The lowest BCUT2D eigenvalue weighted by molar-refractivity contribution is -0.154. The fourth-order valence-electron chi connectivity index (χ4n) is 6.16. The molecule has 0 spiro atoms. The number of amides is 3. The summed E-state index contributed by atoms with van der Waals surface area (Å²) in [4.78, 5) is 54.2. The van der Waals surface area contributed by atoms with Gasteiger partial charge in [0.1, 0.15) is 6.54 Å². The molecule has 0 radical (unpaired) electrons. The molecule has 3 amide bonds. The fraction of sp³-hybridized carbons (Fsp3) is 0.333. The first-order valence-electron chi connectivity index (χ1n) is 11.7. The van der Waals surface area contributed by atoms with Gasteiger partial charge < -0.3 is 0 Å². The smallest absolute Gasteiger partial charge is 0.273 e. The average molecular weight is 509 g/mol. The average Bonchev–Trinajstić information content (AvgIpc) is 3.63. The van der Waals surface area contributed by atoms with Crippen molar-refractivity contribution in [3.8, 4) is 0 Å². The van der Waals surface area contributed by atoms with Crippen LogP contribution >= 0.6 is 23.2 Å². The number of imide groups is 1. The molecule has 178 valence electrons. The Balaban J connectivity index is 1.37. The minimum Gasteiger partial charge on any atom is -0.292 e. The van der Waals surface area contributed by atoms with Crippen LogP contribution in [0.5, 0.6) is 0 Å². The number of carbonyl (C=O) groups excluding carboxylic acids is 4. The van der Waals surface area contributed by atoms with Crippen molar-refractivity contribution < 1.29 is 19.2 Å². The Morgan fingerprint density at radius 2 is 1.46 bits per heavy atom. The number of hydrazine groups is 1. The van der Waals surface area contributed by atoms with Crippen molar-refractivity contribution in [1.29, 1.82) is 0 Å². The van der Waals surface area contributed by atoms with Crippen molar-refractivity contribution in [2.24, 2.45) is 35.5 Å². The van der Waals surface area contributed by atoms with E-state index in [1.54, 1.807) is 24.3 Å². The second-order valence-electron chi connectivity index (χ2n) is 9.92. The third kappa shape index (κ3) is 3.46. The van der Waals surface area contributed by atoms with Crippen LogP contribution in [0.3, 0.4) is 0 Å². The zero-order chi connectivity index (χ0) is 24.6. The van der Waals surface area contributed by atoms with Crippen LogP contribution in [0.1, 0.15) is 32.7 Å². The minimum atomic E-state index is -0.658. The van der Waals surface area contributed by atoms with E-state index in [4.69, 9.17) is 23.2 Å². The number of halogens is 2. The van der Waals surface area contributed by atoms with Crippen LogP contribution in [0, 0.1) is 42.4 Å². The van der Waals surface area contributed by atoms with Crippen LogP contribution in [-0.4, -0.2) is 40.1 Å². The lowest BCUT2D eigenvalue weighted by atomic mass is 9.63.